The molecule has 2 aromatic heterocycles. The van der Waals surface area contributed by atoms with Gasteiger partial charge in [0.1, 0.15) is 12.0 Å². The molecule has 102 valence electrons. The second-order valence-corrected chi connectivity index (χ2v) is 5.22. The van der Waals surface area contributed by atoms with Crippen LogP contribution in [0.4, 0.5) is 0 Å². The Morgan fingerprint density at radius 1 is 1.29 bits per heavy atom. The summed E-state index contributed by atoms with van der Waals surface area (Å²) in [6.45, 7) is 0. The maximum absolute atomic E-state index is 8.87. The molecule has 0 saturated carbocycles. The van der Waals surface area contributed by atoms with Gasteiger partial charge in [-0.3, -0.25) is 0 Å². The molecule has 3 aromatic rings. The number of benzene rings is 1. The summed E-state index contributed by atoms with van der Waals surface area (Å²) in [4.78, 5) is 11.8. The lowest BCUT2D eigenvalue weighted by Gasteiger charge is -2.11. The van der Waals surface area contributed by atoms with E-state index in [-0.39, 0.29) is 6.04 Å². The van der Waals surface area contributed by atoms with E-state index in [1.165, 1.54) is 11.1 Å². The second kappa shape index (κ2) is 4.60. The van der Waals surface area contributed by atoms with Crippen LogP contribution in [0.25, 0.3) is 22.3 Å². The fraction of sp³-hybridized carbons (Fsp3) is 0.188. The molecular weight excluding hydrogens is 262 g/mol. The Bertz CT molecular complexity index is 858. The molecule has 0 radical (unpaired) electrons. The van der Waals surface area contributed by atoms with Gasteiger partial charge < -0.3 is 10.3 Å². The molecule has 0 saturated heterocycles. The minimum atomic E-state index is 0.119. The lowest BCUT2D eigenvalue weighted by molar-refractivity contribution is 0.625. The third-order valence-electron chi connectivity index (χ3n) is 4.09. The molecule has 1 atom stereocenters. The Hall–Kier alpha value is -2.87. The molecule has 0 unspecified atom stereocenters. The molecule has 0 spiro atoms. The van der Waals surface area contributed by atoms with E-state index in [1.54, 1.807) is 6.33 Å². The molecule has 0 fully saturated rings. The van der Waals surface area contributed by atoms with Crippen molar-refractivity contribution >= 4 is 11.0 Å². The zero-order chi connectivity index (χ0) is 14.2. The topological polar surface area (TPSA) is 77.4 Å². The molecule has 0 bridgehead atoms. The zero-order valence-electron chi connectivity index (χ0n) is 11.3. The van der Waals surface area contributed by atoms with Gasteiger partial charge in [0.25, 0.3) is 0 Å². The van der Waals surface area contributed by atoms with Crippen molar-refractivity contribution in [2.45, 2.75) is 18.9 Å². The highest BCUT2D eigenvalue weighted by Crippen LogP contribution is 2.35. The van der Waals surface area contributed by atoms with Crippen LogP contribution in [0, 0.1) is 11.5 Å². The minimum Gasteiger partial charge on any atom is -0.346 e. The van der Waals surface area contributed by atoms with Crippen molar-refractivity contribution in [3.8, 4) is 17.5 Å². The Labute approximate surface area is 121 Å². The molecular formula is C16H13N5. The largest absolute Gasteiger partial charge is 0.346 e. The lowest BCUT2D eigenvalue weighted by atomic mass is 10.0. The molecule has 5 nitrogen and oxygen atoms in total. The Balaban J connectivity index is 1.86. The van der Waals surface area contributed by atoms with Crippen LogP contribution in [-0.4, -0.2) is 15.0 Å². The van der Waals surface area contributed by atoms with Crippen molar-refractivity contribution in [3.05, 3.63) is 47.9 Å². The molecule has 1 aromatic carbocycles. The minimum absolute atomic E-state index is 0.119. The highest BCUT2D eigenvalue weighted by Gasteiger charge is 2.23. The van der Waals surface area contributed by atoms with Gasteiger partial charge in [0.05, 0.1) is 11.7 Å². The van der Waals surface area contributed by atoms with Gasteiger partial charge in [0, 0.05) is 17.1 Å². The first kappa shape index (κ1) is 11.9. The monoisotopic (exact) mass is 275 g/mol. The number of aromatic amines is 1. The van der Waals surface area contributed by atoms with Crippen LogP contribution < -0.4 is 5.32 Å². The summed E-state index contributed by atoms with van der Waals surface area (Å²) in [6, 6.07) is 8.50. The van der Waals surface area contributed by atoms with Crippen LogP contribution >= 0.6 is 0 Å². The van der Waals surface area contributed by atoms with Gasteiger partial charge >= 0.3 is 0 Å². The average molecular weight is 275 g/mol. The SMILES string of the molecule is N#CN[C@H]1CCc2ccc(-c3ncnc4[nH]ccc34)cc21. The third kappa shape index (κ3) is 1.84. The van der Waals surface area contributed by atoms with Gasteiger partial charge in [-0.25, -0.2) is 9.97 Å². The quantitative estimate of drug-likeness (QED) is 0.557. The summed E-state index contributed by atoms with van der Waals surface area (Å²) in [5.41, 5.74) is 5.34. The van der Waals surface area contributed by atoms with E-state index in [1.807, 2.05) is 12.3 Å². The highest BCUT2D eigenvalue weighted by molar-refractivity contribution is 5.90. The number of hydrogen-bond donors (Lipinski definition) is 2. The summed E-state index contributed by atoms with van der Waals surface area (Å²) in [5.74, 6) is 0. The van der Waals surface area contributed by atoms with E-state index in [4.69, 9.17) is 5.26 Å². The Morgan fingerprint density at radius 3 is 3.14 bits per heavy atom. The smallest absolute Gasteiger partial charge is 0.177 e. The number of aryl methyl sites for hydroxylation is 1. The Kier molecular flexibility index (Phi) is 2.61. The number of fused-ring (bicyclic) bond motifs is 2. The highest BCUT2D eigenvalue weighted by atomic mass is 14.9. The van der Waals surface area contributed by atoms with Crippen LogP contribution in [-0.2, 0) is 6.42 Å². The number of H-pyrrole nitrogens is 1. The van der Waals surface area contributed by atoms with Crippen molar-refractivity contribution in [2.24, 2.45) is 0 Å². The summed E-state index contributed by atoms with van der Waals surface area (Å²) < 4.78 is 0. The molecule has 1 aliphatic carbocycles. The normalized spacial score (nSPS) is 16.6. The molecule has 2 heterocycles. The van der Waals surface area contributed by atoms with Gasteiger partial charge in [-0.05, 0) is 36.1 Å². The predicted molar refractivity (Wildman–Crippen MR) is 79.1 cm³/mol. The molecule has 1 aliphatic rings. The van der Waals surface area contributed by atoms with Crippen LogP contribution in [0.1, 0.15) is 23.6 Å². The number of hydrogen-bond acceptors (Lipinski definition) is 4. The van der Waals surface area contributed by atoms with Gasteiger partial charge in [-0.1, -0.05) is 12.1 Å². The zero-order valence-corrected chi connectivity index (χ0v) is 11.3. The summed E-state index contributed by atoms with van der Waals surface area (Å²) in [6.07, 6.45) is 7.48. The van der Waals surface area contributed by atoms with Crippen molar-refractivity contribution in [1.82, 2.24) is 20.3 Å². The fourth-order valence-corrected chi connectivity index (χ4v) is 3.08. The summed E-state index contributed by atoms with van der Waals surface area (Å²) in [7, 11) is 0. The molecule has 2 N–H and O–H groups in total. The van der Waals surface area contributed by atoms with E-state index in [0.29, 0.717) is 0 Å². The van der Waals surface area contributed by atoms with Crippen LogP contribution in [0.2, 0.25) is 0 Å². The molecule has 0 amide bonds. The van der Waals surface area contributed by atoms with E-state index in [2.05, 4.69) is 44.7 Å². The maximum Gasteiger partial charge on any atom is 0.177 e. The average Bonchev–Trinajstić information content (AvgIpc) is 3.14. The fourth-order valence-electron chi connectivity index (χ4n) is 3.08. The standard InChI is InChI=1S/C16H13N5/c17-8-19-14-4-3-10-1-2-11(7-13(10)14)15-12-5-6-18-16(12)21-9-20-15/h1-2,5-7,9,14,19H,3-4H2,(H,18,20,21)/t14-/m0/s1. The van der Waals surface area contributed by atoms with E-state index in [0.717, 1.165) is 35.1 Å². The molecule has 4 rings (SSSR count). The van der Waals surface area contributed by atoms with E-state index in [9.17, 15) is 0 Å². The number of nitrogens with zero attached hydrogens (tertiary/aromatic N) is 3. The van der Waals surface area contributed by atoms with Crippen LogP contribution in [0.5, 0.6) is 0 Å². The summed E-state index contributed by atoms with van der Waals surface area (Å²) >= 11 is 0. The van der Waals surface area contributed by atoms with Crippen molar-refractivity contribution in [1.29, 1.82) is 5.26 Å². The van der Waals surface area contributed by atoms with Crippen LogP contribution in [0.15, 0.2) is 36.8 Å². The van der Waals surface area contributed by atoms with Gasteiger partial charge in [0.15, 0.2) is 6.19 Å². The summed E-state index contributed by atoms with van der Waals surface area (Å²) in [5, 5.41) is 12.8. The maximum atomic E-state index is 8.87. The van der Waals surface area contributed by atoms with Gasteiger partial charge in [-0.15, -0.1) is 0 Å². The van der Waals surface area contributed by atoms with E-state index < -0.39 is 0 Å². The molecule has 21 heavy (non-hydrogen) atoms. The lowest BCUT2D eigenvalue weighted by Crippen LogP contribution is -2.12. The van der Waals surface area contributed by atoms with Crippen molar-refractivity contribution < 1.29 is 0 Å². The third-order valence-corrected chi connectivity index (χ3v) is 4.09. The number of rotatable bonds is 2. The predicted octanol–water partition coefficient (Wildman–Crippen LogP) is 2.68. The first-order valence-corrected chi connectivity index (χ1v) is 6.93. The number of aromatic nitrogens is 3. The second-order valence-electron chi connectivity index (χ2n) is 5.22. The number of nitriles is 1. The van der Waals surface area contributed by atoms with Crippen LogP contribution in [0.3, 0.4) is 0 Å². The van der Waals surface area contributed by atoms with Gasteiger partial charge in [-0.2, -0.15) is 5.26 Å². The van der Waals surface area contributed by atoms with Crippen molar-refractivity contribution in [2.75, 3.05) is 0 Å². The van der Waals surface area contributed by atoms with E-state index >= 15 is 0 Å². The first-order chi connectivity index (χ1) is 10.4. The Morgan fingerprint density at radius 2 is 2.24 bits per heavy atom. The van der Waals surface area contributed by atoms with Gasteiger partial charge in [0.2, 0.25) is 0 Å². The van der Waals surface area contributed by atoms with Crippen molar-refractivity contribution in [3.63, 3.8) is 0 Å². The number of nitrogens with one attached hydrogen (secondary N) is 2. The molecule has 5 heteroatoms. The molecule has 0 aliphatic heterocycles. The first-order valence-electron chi connectivity index (χ1n) is 6.93.